The first-order valence-electron chi connectivity index (χ1n) is 11.0. The Morgan fingerprint density at radius 3 is 2.00 bits per heavy atom. The molecule has 0 unspecified atom stereocenters. The van der Waals surface area contributed by atoms with Crippen LogP contribution in [0.1, 0.15) is 61.1 Å². The summed E-state index contributed by atoms with van der Waals surface area (Å²) in [4.78, 5) is 4.76. The number of rotatable bonds is 7. The molecule has 0 heterocycles. The molecule has 0 fully saturated rings. The smallest absolute Gasteiger partial charge is 0.128 e. The first kappa shape index (κ1) is 22.4. The fourth-order valence-electron chi connectivity index (χ4n) is 3.98. The fraction of sp³-hybridized carbons (Fsp3) is 0.296. The maximum atomic E-state index is 10.1. The maximum Gasteiger partial charge on any atom is 0.128 e. The van der Waals surface area contributed by atoms with Crippen LogP contribution in [-0.4, -0.2) is 15.9 Å². The Morgan fingerprint density at radius 1 is 0.806 bits per heavy atom. The van der Waals surface area contributed by atoms with E-state index in [2.05, 4.69) is 45.0 Å². The molecule has 0 atom stereocenters. The highest BCUT2D eigenvalue weighted by Gasteiger charge is 2.10. The first-order chi connectivity index (χ1) is 14.9. The number of hydrogen-bond acceptors (Lipinski definition) is 4. The fourth-order valence-corrected chi connectivity index (χ4v) is 3.98. The van der Waals surface area contributed by atoms with Crippen LogP contribution in [0.15, 0.2) is 53.5 Å². The summed E-state index contributed by atoms with van der Waals surface area (Å²) in [6.45, 7) is 8.28. The topological polar surface area (TPSA) is 78.8 Å². The van der Waals surface area contributed by atoms with Gasteiger partial charge in [-0.2, -0.15) is 0 Å². The van der Waals surface area contributed by atoms with Crippen LogP contribution in [0, 0.1) is 0 Å². The normalized spacial score (nSPS) is 11.7. The summed E-state index contributed by atoms with van der Waals surface area (Å²) in [5, 5.41) is 19.6. The van der Waals surface area contributed by atoms with E-state index in [1.807, 2.05) is 13.0 Å². The van der Waals surface area contributed by atoms with Crippen LogP contribution in [-0.2, 0) is 25.7 Å². The Balaban J connectivity index is 1.92. The van der Waals surface area contributed by atoms with E-state index in [1.165, 1.54) is 28.3 Å². The molecule has 3 aromatic rings. The molecule has 0 bridgehead atoms. The second-order valence-corrected chi connectivity index (χ2v) is 7.93. The molecule has 0 saturated heterocycles. The molecule has 0 aliphatic rings. The highest BCUT2D eigenvalue weighted by Crippen LogP contribution is 2.28. The monoisotopic (exact) mass is 416 g/mol. The summed E-state index contributed by atoms with van der Waals surface area (Å²) >= 11 is 0. The van der Waals surface area contributed by atoms with Crippen molar-refractivity contribution in [3.8, 4) is 11.5 Å². The molecule has 0 aliphatic heterocycles. The molecule has 4 N–H and O–H groups in total. The van der Waals surface area contributed by atoms with Gasteiger partial charge in [0.15, 0.2) is 0 Å². The lowest BCUT2D eigenvalue weighted by Crippen LogP contribution is -2.02. The highest BCUT2D eigenvalue weighted by molar-refractivity contribution is 6.02. The Bertz CT molecular complexity index is 1090. The lowest BCUT2D eigenvalue weighted by atomic mass is 9.95. The third kappa shape index (κ3) is 5.08. The van der Waals surface area contributed by atoms with Crippen LogP contribution in [0.4, 0.5) is 11.4 Å². The molecule has 3 rings (SSSR count). The van der Waals surface area contributed by atoms with E-state index in [-0.39, 0.29) is 11.5 Å². The molecular formula is C27H32N2O2. The Morgan fingerprint density at radius 2 is 1.42 bits per heavy atom. The van der Waals surface area contributed by atoms with Gasteiger partial charge in [-0.25, -0.2) is 0 Å². The Hall–Kier alpha value is -3.27. The summed E-state index contributed by atoms with van der Waals surface area (Å²) in [5.74, 6) is 0.0607. The minimum atomic E-state index is 0.0257. The lowest BCUT2D eigenvalue weighted by Gasteiger charge is -2.14. The Labute approximate surface area is 185 Å². The van der Waals surface area contributed by atoms with Crippen molar-refractivity contribution in [2.24, 2.45) is 4.99 Å². The van der Waals surface area contributed by atoms with Crippen molar-refractivity contribution in [1.29, 1.82) is 0 Å². The number of nitrogens with two attached hydrogens (primary N) is 1. The molecule has 162 valence electrons. The third-order valence-electron chi connectivity index (χ3n) is 5.77. The predicted octanol–water partition coefficient (Wildman–Crippen LogP) is 6.10. The number of aromatic hydroxyl groups is 2. The number of phenolic OH excluding ortho intramolecular Hbond substituents is 2. The van der Waals surface area contributed by atoms with E-state index in [1.54, 1.807) is 12.1 Å². The van der Waals surface area contributed by atoms with Crippen molar-refractivity contribution in [1.82, 2.24) is 0 Å². The van der Waals surface area contributed by atoms with Crippen LogP contribution in [0.2, 0.25) is 0 Å². The number of nitrogens with zero attached hydrogens (tertiary/aromatic N) is 1. The van der Waals surface area contributed by atoms with E-state index in [0.717, 1.165) is 42.6 Å². The second-order valence-electron chi connectivity index (χ2n) is 7.93. The summed E-state index contributed by atoms with van der Waals surface area (Å²) in [6, 6.07) is 15.4. The van der Waals surface area contributed by atoms with Crippen molar-refractivity contribution >= 4 is 17.1 Å². The van der Waals surface area contributed by atoms with Gasteiger partial charge in [0, 0.05) is 23.0 Å². The van der Waals surface area contributed by atoms with Crippen LogP contribution in [0.25, 0.3) is 0 Å². The largest absolute Gasteiger partial charge is 0.508 e. The van der Waals surface area contributed by atoms with Gasteiger partial charge in [-0.15, -0.1) is 0 Å². The number of anilines is 1. The average molecular weight is 417 g/mol. The third-order valence-corrected chi connectivity index (χ3v) is 5.77. The van der Waals surface area contributed by atoms with Gasteiger partial charge in [-0.3, -0.25) is 4.99 Å². The SMILES string of the molecule is CCc1cc(Cc2cc(CC)c(N)c(CC)c2)ccc1N=C(C)c1ccc(O)cc1O. The van der Waals surface area contributed by atoms with Gasteiger partial charge in [-0.05, 0) is 78.6 Å². The molecular weight excluding hydrogens is 384 g/mol. The van der Waals surface area contributed by atoms with Crippen molar-refractivity contribution in [2.45, 2.75) is 53.4 Å². The minimum Gasteiger partial charge on any atom is -0.508 e. The standard InChI is InChI=1S/C27H32N2O2/c1-5-20-13-18(12-19-14-21(6-2)27(28)22(7-3)15-19)8-11-25(20)29-17(4)24-10-9-23(30)16-26(24)31/h8-11,13-16,30-31H,5-7,12,28H2,1-4H3. The molecule has 0 radical (unpaired) electrons. The van der Waals surface area contributed by atoms with E-state index in [0.29, 0.717) is 11.3 Å². The zero-order valence-electron chi connectivity index (χ0n) is 18.9. The molecule has 0 aromatic heterocycles. The number of hydrogen-bond donors (Lipinski definition) is 3. The van der Waals surface area contributed by atoms with Gasteiger partial charge in [0.05, 0.1) is 5.69 Å². The number of aryl methyl sites for hydroxylation is 3. The van der Waals surface area contributed by atoms with Crippen LogP contribution in [0.5, 0.6) is 11.5 Å². The summed E-state index contributed by atoms with van der Waals surface area (Å²) in [7, 11) is 0. The van der Waals surface area contributed by atoms with Gasteiger partial charge >= 0.3 is 0 Å². The Kier molecular flexibility index (Phi) is 7.01. The summed E-state index contributed by atoms with van der Waals surface area (Å²) in [6.07, 6.45) is 3.59. The van der Waals surface area contributed by atoms with Gasteiger partial charge in [-0.1, -0.05) is 45.0 Å². The quantitative estimate of drug-likeness (QED) is 0.322. The van der Waals surface area contributed by atoms with Crippen molar-refractivity contribution in [3.05, 3.63) is 81.9 Å². The van der Waals surface area contributed by atoms with E-state index < -0.39 is 0 Å². The summed E-state index contributed by atoms with van der Waals surface area (Å²) < 4.78 is 0. The first-order valence-corrected chi connectivity index (χ1v) is 11.0. The van der Waals surface area contributed by atoms with Crippen molar-refractivity contribution in [3.63, 3.8) is 0 Å². The second kappa shape index (κ2) is 9.69. The van der Waals surface area contributed by atoms with Crippen molar-refractivity contribution < 1.29 is 10.2 Å². The molecule has 4 nitrogen and oxygen atoms in total. The molecule has 4 heteroatoms. The van der Waals surface area contributed by atoms with E-state index in [9.17, 15) is 10.2 Å². The van der Waals surface area contributed by atoms with Crippen LogP contribution in [0.3, 0.4) is 0 Å². The van der Waals surface area contributed by atoms with E-state index in [4.69, 9.17) is 10.7 Å². The summed E-state index contributed by atoms with van der Waals surface area (Å²) in [5.41, 5.74) is 15.6. The van der Waals surface area contributed by atoms with Gasteiger partial charge in [0.25, 0.3) is 0 Å². The van der Waals surface area contributed by atoms with Gasteiger partial charge in [0.1, 0.15) is 11.5 Å². The number of nitrogen functional groups attached to an aromatic ring is 1. The molecule has 3 aromatic carbocycles. The molecule has 0 amide bonds. The zero-order chi connectivity index (χ0) is 22.5. The van der Waals surface area contributed by atoms with Crippen LogP contribution >= 0.6 is 0 Å². The van der Waals surface area contributed by atoms with Gasteiger partial charge in [0.2, 0.25) is 0 Å². The lowest BCUT2D eigenvalue weighted by molar-refractivity contribution is 0.450. The maximum absolute atomic E-state index is 10.1. The number of benzene rings is 3. The number of aliphatic imine (C=N–C) groups is 1. The highest BCUT2D eigenvalue weighted by atomic mass is 16.3. The predicted molar refractivity (Wildman–Crippen MR) is 130 cm³/mol. The van der Waals surface area contributed by atoms with Crippen molar-refractivity contribution in [2.75, 3.05) is 5.73 Å². The molecule has 0 aliphatic carbocycles. The average Bonchev–Trinajstić information content (AvgIpc) is 2.75. The molecule has 31 heavy (non-hydrogen) atoms. The number of phenols is 2. The zero-order valence-corrected chi connectivity index (χ0v) is 18.9. The molecule has 0 saturated carbocycles. The van der Waals surface area contributed by atoms with E-state index >= 15 is 0 Å². The van der Waals surface area contributed by atoms with Gasteiger partial charge < -0.3 is 15.9 Å². The molecule has 0 spiro atoms. The van der Waals surface area contributed by atoms with Crippen LogP contribution < -0.4 is 5.73 Å². The minimum absolute atomic E-state index is 0.0257.